The molecule has 1 aliphatic carbocycles. The lowest BCUT2D eigenvalue weighted by Gasteiger charge is -2.27. The quantitative estimate of drug-likeness (QED) is 0.684. The van der Waals surface area contributed by atoms with Gasteiger partial charge in [-0.25, -0.2) is 0 Å². The number of pyridine rings is 1. The molecule has 1 aromatic heterocycles. The van der Waals surface area contributed by atoms with E-state index >= 15 is 0 Å². The number of halogens is 1. The average molecular weight is 383 g/mol. The summed E-state index contributed by atoms with van der Waals surface area (Å²) < 4.78 is 5.71. The number of ether oxygens (including phenoxy) is 1. The maximum Gasteiger partial charge on any atom is 0.303 e. The highest BCUT2D eigenvalue weighted by molar-refractivity contribution is 6.30. The molecule has 0 bridgehead atoms. The van der Waals surface area contributed by atoms with Gasteiger partial charge in [0.1, 0.15) is 6.10 Å². The van der Waals surface area contributed by atoms with Crippen molar-refractivity contribution in [2.75, 3.05) is 20.1 Å². The van der Waals surface area contributed by atoms with E-state index in [0.29, 0.717) is 11.4 Å². The summed E-state index contributed by atoms with van der Waals surface area (Å²) in [6.45, 7) is 3.53. The van der Waals surface area contributed by atoms with E-state index in [9.17, 15) is 4.79 Å². The van der Waals surface area contributed by atoms with E-state index in [0.717, 1.165) is 48.3 Å². The van der Waals surface area contributed by atoms with Crippen LogP contribution in [0, 0.1) is 0 Å². The minimum atomic E-state index is -0.358. The number of rotatable bonds is 1. The Morgan fingerprint density at radius 3 is 2.78 bits per heavy atom. The fraction of sp³-hybridized carbons (Fsp3) is 0.364. The van der Waals surface area contributed by atoms with Crippen molar-refractivity contribution < 1.29 is 9.53 Å². The zero-order chi connectivity index (χ0) is 19.0. The van der Waals surface area contributed by atoms with Gasteiger partial charge in [0, 0.05) is 48.8 Å². The minimum absolute atomic E-state index is 0.285. The van der Waals surface area contributed by atoms with Gasteiger partial charge in [-0.1, -0.05) is 29.3 Å². The largest absolute Gasteiger partial charge is 0.457 e. The Morgan fingerprint density at radius 1 is 1.26 bits per heavy atom. The number of likely N-dealkylation sites (tertiary alicyclic amines) is 1. The van der Waals surface area contributed by atoms with Crippen molar-refractivity contribution in [3.63, 3.8) is 0 Å². The van der Waals surface area contributed by atoms with Gasteiger partial charge >= 0.3 is 5.97 Å². The van der Waals surface area contributed by atoms with Crippen molar-refractivity contribution in [2.45, 2.75) is 32.3 Å². The van der Waals surface area contributed by atoms with Crippen LogP contribution in [0.1, 0.15) is 48.3 Å². The number of aromatic nitrogens is 1. The van der Waals surface area contributed by atoms with Crippen LogP contribution in [-0.4, -0.2) is 36.0 Å². The van der Waals surface area contributed by atoms with Gasteiger partial charge in [0.15, 0.2) is 0 Å². The summed E-state index contributed by atoms with van der Waals surface area (Å²) in [5, 5.41) is 0.651. The standard InChI is InChI=1S/C22H23ClN2O2/c1-14(26)27-20-12-16-4-3-9-24-22(16)21(15-7-10-25(2)11-8-15)18-6-5-17(23)13-19(18)20/h3-6,9,13,20H,7-8,10-12H2,1-2H3. The number of hydrogen-bond donors (Lipinski definition) is 0. The van der Waals surface area contributed by atoms with Gasteiger partial charge in [-0.15, -0.1) is 0 Å². The Kier molecular flexibility index (Phi) is 5.02. The molecule has 1 aliphatic heterocycles. The Hall–Kier alpha value is -2.17. The fourth-order valence-electron chi connectivity index (χ4n) is 4.10. The summed E-state index contributed by atoms with van der Waals surface area (Å²) in [5.74, 6) is -0.285. The van der Waals surface area contributed by atoms with Gasteiger partial charge in [-0.3, -0.25) is 9.78 Å². The van der Waals surface area contributed by atoms with Crippen molar-refractivity contribution in [3.05, 3.63) is 69.5 Å². The molecule has 0 radical (unpaired) electrons. The van der Waals surface area contributed by atoms with Crippen LogP contribution in [0.4, 0.5) is 0 Å². The predicted octanol–water partition coefficient (Wildman–Crippen LogP) is 4.42. The van der Waals surface area contributed by atoms with Crippen LogP contribution < -0.4 is 0 Å². The summed E-state index contributed by atoms with van der Waals surface area (Å²) in [6, 6.07) is 9.94. The van der Waals surface area contributed by atoms with E-state index in [1.807, 2.05) is 24.4 Å². The summed E-state index contributed by atoms with van der Waals surface area (Å²) in [4.78, 5) is 18.9. The molecule has 5 heteroatoms. The number of benzene rings is 1. The van der Waals surface area contributed by atoms with Crippen LogP contribution in [0.5, 0.6) is 0 Å². The third-order valence-corrected chi connectivity index (χ3v) is 5.65. The first-order valence-electron chi connectivity index (χ1n) is 9.35. The first-order valence-corrected chi connectivity index (χ1v) is 9.72. The van der Waals surface area contributed by atoms with Gasteiger partial charge in [0.25, 0.3) is 0 Å². The van der Waals surface area contributed by atoms with E-state index in [1.54, 1.807) is 0 Å². The summed E-state index contributed by atoms with van der Waals surface area (Å²) in [7, 11) is 2.16. The molecule has 4 rings (SSSR count). The molecule has 1 fully saturated rings. The molecule has 1 saturated heterocycles. The van der Waals surface area contributed by atoms with Crippen LogP contribution in [0.15, 0.2) is 42.1 Å². The third-order valence-electron chi connectivity index (χ3n) is 5.42. The van der Waals surface area contributed by atoms with E-state index in [1.165, 1.54) is 18.1 Å². The Morgan fingerprint density at radius 2 is 2.04 bits per heavy atom. The Balaban J connectivity index is 1.96. The summed E-state index contributed by atoms with van der Waals surface area (Å²) in [6.07, 6.45) is 4.12. The van der Waals surface area contributed by atoms with Crippen LogP contribution in [0.25, 0.3) is 5.57 Å². The maximum atomic E-state index is 11.8. The van der Waals surface area contributed by atoms with Gasteiger partial charge in [-0.05, 0) is 49.2 Å². The summed E-state index contributed by atoms with van der Waals surface area (Å²) in [5.41, 5.74) is 6.78. The smallest absolute Gasteiger partial charge is 0.303 e. The third kappa shape index (κ3) is 3.64. The molecule has 140 valence electrons. The second kappa shape index (κ2) is 7.45. The van der Waals surface area contributed by atoms with Crippen LogP contribution in [0.3, 0.4) is 0 Å². The van der Waals surface area contributed by atoms with Gasteiger partial charge in [0.05, 0.1) is 5.69 Å². The normalized spacial score (nSPS) is 19.9. The second-order valence-corrected chi connectivity index (χ2v) is 7.76. The highest BCUT2D eigenvalue weighted by Crippen LogP contribution is 2.42. The van der Waals surface area contributed by atoms with Crippen molar-refractivity contribution in [1.82, 2.24) is 9.88 Å². The lowest BCUT2D eigenvalue weighted by molar-refractivity contribution is -0.146. The topological polar surface area (TPSA) is 42.4 Å². The van der Waals surface area contributed by atoms with E-state index in [4.69, 9.17) is 21.3 Å². The number of nitrogens with zero attached hydrogens (tertiary/aromatic N) is 2. The monoisotopic (exact) mass is 382 g/mol. The Labute approximate surface area is 164 Å². The molecule has 0 saturated carbocycles. The molecule has 1 unspecified atom stereocenters. The first-order chi connectivity index (χ1) is 13.0. The molecule has 2 heterocycles. The number of carbonyl (C=O) groups excluding carboxylic acids is 1. The van der Waals surface area contributed by atoms with Gasteiger partial charge in [-0.2, -0.15) is 0 Å². The number of fused-ring (bicyclic) bond motifs is 2. The molecular weight excluding hydrogens is 360 g/mol. The molecule has 0 N–H and O–H groups in total. The van der Waals surface area contributed by atoms with E-state index in [2.05, 4.69) is 24.1 Å². The molecule has 0 spiro atoms. The molecule has 27 heavy (non-hydrogen) atoms. The molecule has 4 nitrogen and oxygen atoms in total. The molecule has 2 aliphatic rings. The van der Waals surface area contributed by atoms with Crippen molar-refractivity contribution in [2.24, 2.45) is 0 Å². The first kappa shape index (κ1) is 18.2. The molecule has 1 aromatic carbocycles. The SMILES string of the molecule is CC(=O)OC1Cc2cccnc2C(=C2CCN(C)CC2)c2ccc(Cl)cc21. The van der Waals surface area contributed by atoms with Crippen molar-refractivity contribution in [3.8, 4) is 0 Å². The van der Waals surface area contributed by atoms with E-state index < -0.39 is 0 Å². The number of carbonyl (C=O) groups is 1. The predicted molar refractivity (Wildman–Crippen MR) is 107 cm³/mol. The molecule has 0 amide bonds. The number of piperidine rings is 1. The second-order valence-electron chi connectivity index (χ2n) is 7.33. The van der Waals surface area contributed by atoms with Gasteiger partial charge in [0.2, 0.25) is 0 Å². The minimum Gasteiger partial charge on any atom is -0.457 e. The molecular formula is C22H23ClN2O2. The van der Waals surface area contributed by atoms with E-state index in [-0.39, 0.29) is 12.1 Å². The Bertz CT molecular complexity index is 912. The molecule has 2 aromatic rings. The maximum absolute atomic E-state index is 11.8. The highest BCUT2D eigenvalue weighted by Gasteiger charge is 2.30. The van der Waals surface area contributed by atoms with Crippen molar-refractivity contribution in [1.29, 1.82) is 0 Å². The molecule has 1 atom stereocenters. The lowest BCUT2D eigenvalue weighted by atomic mass is 9.88. The zero-order valence-corrected chi connectivity index (χ0v) is 16.4. The lowest BCUT2D eigenvalue weighted by Crippen LogP contribution is -2.27. The number of hydrogen-bond acceptors (Lipinski definition) is 4. The van der Waals surface area contributed by atoms with Crippen molar-refractivity contribution >= 4 is 23.1 Å². The van der Waals surface area contributed by atoms with Crippen LogP contribution in [-0.2, 0) is 16.0 Å². The van der Waals surface area contributed by atoms with Crippen LogP contribution >= 0.6 is 11.6 Å². The van der Waals surface area contributed by atoms with Gasteiger partial charge < -0.3 is 9.64 Å². The number of esters is 1. The average Bonchev–Trinajstić information content (AvgIpc) is 2.77. The highest BCUT2D eigenvalue weighted by atomic mass is 35.5. The fourth-order valence-corrected chi connectivity index (χ4v) is 4.28. The summed E-state index contributed by atoms with van der Waals surface area (Å²) >= 11 is 6.32. The van der Waals surface area contributed by atoms with Crippen LogP contribution in [0.2, 0.25) is 5.02 Å². The zero-order valence-electron chi connectivity index (χ0n) is 15.7.